The van der Waals surface area contributed by atoms with Gasteiger partial charge < -0.3 is 10.1 Å². The minimum atomic E-state index is -2.90. The molecule has 2 aliphatic rings. The van der Waals surface area contributed by atoms with Gasteiger partial charge in [0.25, 0.3) is 0 Å². The van der Waals surface area contributed by atoms with Crippen LogP contribution in [0.2, 0.25) is 0 Å². The summed E-state index contributed by atoms with van der Waals surface area (Å²) in [5.41, 5.74) is -0.114. The second-order valence-corrected chi connectivity index (χ2v) is 8.12. The van der Waals surface area contributed by atoms with Crippen molar-refractivity contribution in [3.8, 4) is 5.75 Å². The lowest BCUT2D eigenvalue weighted by molar-refractivity contribution is -0.118. The SMILES string of the molecule is COc1cccnc1NC(=O)C1CC12CCS(=O)(=O)CC2. The van der Waals surface area contributed by atoms with Crippen LogP contribution in [0, 0.1) is 11.3 Å². The molecule has 1 atom stereocenters. The maximum Gasteiger partial charge on any atom is 0.229 e. The Bertz CT molecular complexity index is 657. The van der Waals surface area contributed by atoms with Gasteiger partial charge in [-0.25, -0.2) is 13.4 Å². The molecule has 1 spiro atoms. The zero-order chi connectivity index (χ0) is 15.1. The Hall–Kier alpha value is -1.63. The first-order valence-electron chi connectivity index (χ1n) is 6.96. The molecule has 1 aliphatic heterocycles. The Morgan fingerprint density at radius 1 is 1.43 bits per heavy atom. The summed E-state index contributed by atoms with van der Waals surface area (Å²) in [6.45, 7) is 0. The zero-order valence-electron chi connectivity index (χ0n) is 11.8. The van der Waals surface area contributed by atoms with Crippen molar-refractivity contribution in [2.75, 3.05) is 23.9 Å². The van der Waals surface area contributed by atoms with E-state index in [2.05, 4.69) is 10.3 Å². The van der Waals surface area contributed by atoms with Crippen molar-refractivity contribution in [3.05, 3.63) is 18.3 Å². The first kappa shape index (κ1) is 14.3. The number of rotatable bonds is 3. The van der Waals surface area contributed by atoms with Crippen molar-refractivity contribution < 1.29 is 17.9 Å². The predicted molar refractivity (Wildman–Crippen MR) is 77.8 cm³/mol. The summed E-state index contributed by atoms with van der Waals surface area (Å²) in [5.74, 6) is 1.13. The van der Waals surface area contributed by atoms with Gasteiger partial charge in [-0.3, -0.25) is 4.79 Å². The van der Waals surface area contributed by atoms with E-state index in [1.165, 1.54) is 7.11 Å². The molecule has 6 nitrogen and oxygen atoms in total. The molecule has 1 amide bonds. The molecule has 2 heterocycles. The molecule has 3 rings (SSSR count). The number of nitrogens with one attached hydrogen (secondary N) is 1. The molecular weight excluding hydrogens is 292 g/mol. The molecule has 1 aromatic rings. The Morgan fingerprint density at radius 3 is 2.81 bits per heavy atom. The van der Waals surface area contributed by atoms with Crippen LogP contribution in [0.25, 0.3) is 0 Å². The van der Waals surface area contributed by atoms with E-state index in [-0.39, 0.29) is 28.7 Å². The highest BCUT2D eigenvalue weighted by atomic mass is 32.2. The average molecular weight is 310 g/mol. The van der Waals surface area contributed by atoms with Crippen LogP contribution in [0.4, 0.5) is 5.82 Å². The molecule has 1 saturated heterocycles. The number of methoxy groups -OCH3 is 1. The molecular formula is C14H18N2O4S. The van der Waals surface area contributed by atoms with Gasteiger partial charge in [-0.1, -0.05) is 0 Å². The summed E-state index contributed by atoms with van der Waals surface area (Å²) < 4.78 is 28.1. The molecule has 2 fully saturated rings. The molecule has 1 unspecified atom stereocenters. The van der Waals surface area contributed by atoms with Crippen LogP contribution >= 0.6 is 0 Å². The third kappa shape index (κ3) is 2.74. The number of anilines is 1. The first-order valence-corrected chi connectivity index (χ1v) is 8.78. The fourth-order valence-corrected chi connectivity index (χ4v) is 4.71. The van der Waals surface area contributed by atoms with Crippen molar-refractivity contribution in [2.24, 2.45) is 11.3 Å². The Morgan fingerprint density at radius 2 is 2.14 bits per heavy atom. The number of carbonyl (C=O) groups excluding carboxylic acids is 1. The van der Waals surface area contributed by atoms with E-state index >= 15 is 0 Å². The number of pyridine rings is 1. The van der Waals surface area contributed by atoms with Crippen molar-refractivity contribution in [2.45, 2.75) is 19.3 Å². The summed E-state index contributed by atoms with van der Waals surface area (Å²) in [4.78, 5) is 16.4. The Balaban J connectivity index is 1.66. The summed E-state index contributed by atoms with van der Waals surface area (Å²) in [7, 11) is -1.37. The highest BCUT2D eigenvalue weighted by molar-refractivity contribution is 7.91. The van der Waals surface area contributed by atoms with Crippen LogP contribution < -0.4 is 10.1 Å². The number of nitrogens with zero attached hydrogens (tertiary/aromatic N) is 1. The van der Waals surface area contributed by atoms with Gasteiger partial charge in [0, 0.05) is 12.1 Å². The van der Waals surface area contributed by atoms with Crippen molar-refractivity contribution in [3.63, 3.8) is 0 Å². The second-order valence-electron chi connectivity index (χ2n) is 5.81. The third-order valence-corrected chi connectivity index (χ3v) is 6.21. The van der Waals surface area contributed by atoms with Crippen LogP contribution in [0.3, 0.4) is 0 Å². The normalized spacial score (nSPS) is 25.3. The molecule has 1 N–H and O–H groups in total. The molecule has 1 aromatic heterocycles. The molecule has 114 valence electrons. The number of amides is 1. The van der Waals surface area contributed by atoms with E-state index in [1.807, 2.05) is 0 Å². The first-order chi connectivity index (χ1) is 9.96. The lowest BCUT2D eigenvalue weighted by atomic mass is 9.96. The van der Waals surface area contributed by atoms with Crippen molar-refractivity contribution in [1.29, 1.82) is 0 Å². The predicted octanol–water partition coefficient (Wildman–Crippen LogP) is 1.24. The van der Waals surface area contributed by atoms with E-state index in [4.69, 9.17) is 4.74 Å². The van der Waals surface area contributed by atoms with Gasteiger partial charge in [-0.05, 0) is 36.8 Å². The monoisotopic (exact) mass is 310 g/mol. The lowest BCUT2D eigenvalue weighted by Crippen LogP contribution is -2.28. The number of hydrogen-bond donors (Lipinski definition) is 1. The van der Waals surface area contributed by atoms with Crippen LogP contribution in [-0.2, 0) is 14.6 Å². The van der Waals surface area contributed by atoms with Crippen LogP contribution in [-0.4, -0.2) is 37.9 Å². The highest BCUT2D eigenvalue weighted by Gasteiger charge is 2.59. The van der Waals surface area contributed by atoms with Crippen LogP contribution in [0.15, 0.2) is 18.3 Å². The van der Waals surface area contributed by atoms with E-state index in [0.717, 1.165) is 6.42 Å². The van der Waals surface area contributed by atoms with Gasteiger partial charge >= 0.3 is 0 Å². The van der Waals surface area contributed by atoms with Gasteiger partial charge in [0.1, 0.15) is 9.84 Å². The molecule has 21 heavy (non-hydrogen) atoms. The third-order valence-electron chi connectivity index (χ3n) is 4.56. The maximum absolute atomic E-state index is 12.3. The molecule has 0 aromatic carbocycles. The van der Waals surface area contributed by atoms with Gasteiger partial charge in [0.05, 0.1) is 18.6 Å². The number of sulfone groups is 1. The van der Waals surface area contributed by atoms with Crippen LogP contribution in [0.1, 0.15) is 19.3 Å². The van der Waals surface area contributed by atoms with E-state index in [1.54, 1.807) is 18.3 Å². The number of carbonyl (C=O) groups is 1. The topological polar surface area (TPSA) is 85.4 Å². The Labute approximate surface area is 123 Å². The van der Waals surface area contributed by atoms with E-state index in [9.17, 15) is 13.2 Å². The molecule has 1 aliphatic carbocycles. The summed E-state index contributed by atoms with van der Waals surface area (Å²) in [6, 6.07) is 3.47. The molecule has 0 radical (unpaired) electrons. The van der Waals surface area contributed by atoms with Crippen molar-refractivity contribution >= 4 is 21.6 Å². The number of hydrogen-bond acceptors (Lipinski definition) is 5. The summed E-state index contributed by atoms with van der Waals surface area (Å²) in [6.07, 6.45) is 3.54. The number of aromatic nitrogens is 1. The molecule has 0 bridgehead atoms. The smallest absolute Gasteiger partial charge is 0.229 e. The summed E-state index contributed by atoms with van der Waals surface area (Å²) >= 11 is 0. The lowest BCUT2D eigenvalue weighted by Gasteiger charge is -2.22. The standard InChI is InChI=1S/C14H18N2O4S/c1-20-11-3-2-6-15-12(11)16-13(17)10-9-14(10)4-7-21(18,19)8-5-14/h2-3,6,10H,4-5,7-9H2,1H3,(H,15,16,17). The maximum atomic E-state index is 12.3. The largest absolute Gasteiger partial charge is 0.493 e. The van der Waals surface area contributed by atoms with Gasteiger partial charge in [-0.2, -0.15) is 0 Å². The van der Waals surface area contributed by atoms with Crippen LogP contribution in [0.5, 0.6) is 5.75 Å². The van der Waals surface area contributed by atoms with E-state index in [0.29, 0.717) is 24.4 Å². The minimum absolute atomic E-state index is 0.0914. The number of ether oxygens (including phenoxy) is 1. The second kappa shape index (κ2) is 4.98. The van der Waals surface area contributed by atoms with Gasteiger partial charge in [0.15, 0.2) is 11.6 Å². The molecule has 7 heteroatoms. The van der Waals surface area contributed by atoms with Gasteiger partial charge in [0.2, 0.25) is 5.91 Å². The molecule has 1 saturated carbocycles. The zero-order valence-corrected chi connectivity index (χ0v) is 12.6. The summed E-state index contributed by atoms with van der Waals surface area (Å²) in [5, 5.41) is 2.79. The Kier molecular flexibility index (Phi) is 3.39. The quantitative estimate of drug-likeness (QED) is 0.908. The highest BCUT2D eigenvalue weighted by Crippen LogP contribution is 2.60. The fourth-order valence-electron chi connectivity index (χ4n) is 3.07. The van der Waals surface area contributed by atoms with Gasteiger partial charge in [-0.15, -0.1) is 0 Å². The minimum Gasteiger partial charge on any atom is -0.493 e. The van der Waals surface area contributed by atoms with E-state index < -0.39 is 9.84 Å². The van der Waals surface area contributed by atoms with Crippen molar-refractivity contribution in [1.82, 2.24) is 4.98 Å². The fraction of sp³-hybridized carbons (Fsp3) is 0.571. The average Bonchev–Trinajstić information content (AvgIpc) is 3.18.